The van der Waals surface area contributed by atoms with Gasteiger partial charge in [0.25, 0.3) is 0 Å². The number of hydrogen-bond donors (Lipinski definition) is 1. The van der Waals surface area contributed by atoms with Crippen molar-refractivity contribution in [3.63, 3.8) is 0 Å². The van der Waals surface area contributed by atoms with Crippen LogP contribution in [0.4, 0.5) is 0 Å². The van der Waals surface area contributed by atoms with E-state index in [1.165, 1.54) is 0 Å². The molecular formula is C10H9ClN2S. The summed E-state index contributed by atoms with van der Waals surface area (Å²) < 4.78 is 1.91. The number of rotatable bonds is 1. The van der Waals surface area contributed by atoms with Gasteiger partial charge >= 0.3 is 0 Å². The Hall–Kier alpha value is -0.930. The number of pyridine rings is 1. The number of nitrogens with zero attached hydrogens (tertiary/aromatic N) is 2. The monoisotopic (exact) mass is 224 g/mol. The van der Waals surface area contributed by atoms with Crippen LogP contribution in [0.2, 0.25) is 5.02 Å². The molecule has 4 heteroatoms. The fraction of sp³-hybridized carbons (Fsp3) is 0.100. The Morgan fingerprint density at radius 1 is 1.36 bits per heavy atom. The minimum atomic E-state index is 0.627. The molecule has 0 bridgehead atoms. The third-order valence-corrected chi connectivity index (χ3v) is 2.65. The second kappa shape index (κ2) is 3.67. The first-order valence-corrected chi connectivity index (χ1v) is 5.01. The average Bonchev–Trinajstić information content (AvgIpc) is 2.48. The molecule has 0 unspecified atom stereocenters. The van der Waals surface area contributed by atoms with Crippen molar-refractivity contribution in [2.75, 3.05) is 0 Å². The van der Waals surface area contributed by atoms with E-state index >= 15 is 0 Å². The molecule has 0 spiro atoms. The Morgan fingerprint density at radius 3 is 2.71 bits per heavy atom. The molecule has 2 rings (SSSR count). The Kier molecular flexibility index (Phi) is 2.52. The molecule has 0 atom stereocenters. The van der Waals surface area contributed by atoms with Crippen LogP contribution in [0.3, 0.4) is 0 Å². The number of halogens is 1. The number of aromatic nitrogens is 2. The van der Waals surface area contributed by atoms with E-state index in [2.05, 4.69) is 17.6 Å². The Labute approximate surface area is 93.0 Å². The highest BCUT2D eigenvalue weighted by Gasteiger charge is 2.08. The van der Waals surface area contributed by atoms with Crippen molar-refractivity contribution < 1.29 is 0 Å². The van der Waals surface area contributed by atoms with Gasteiger partial charge in [-0.1, -0.05) is 11.6 Å². The second-order valence-electron chi connectivity index (χ2n) is 2.98. The maximum atomic E-state index is 6.04. The van der Waals surface area contributed by atoms with Crippen molar-refractivity contribution in [2.45, 2.75) is 11.9 Å². The summed E-state index contributed by atoms with van der Waals surface area (Å²) in [6.07, 6.45) is 1.72. The molecule has 0 amide bonds. The molecular weight excluding hydrogens is 216 g/mol. The van der Waals surface area contributed by atoms with E-state index in [-0.39, 0.29) is 0 Å². The maximum Gasteiger partial charge on any atom is 0.156 e. The van der Waals surface area contributed by atoms with Gasteiger partial charge in [0, 0.05) is 11.9 Å². The zero-order valence-electron chi connectivity index (χ0n) is 7.61. The van der Waals surface area contributed by atoms with E-state index in [9.17, 15) is 0 Å². The van der Waals surface area contributed by atoms with Crippen LogP contribution in [0.25, 0.3) is 5.82 Å². The molecule has 0 aliphatic heterocycles. The maximum absolute atomic E-state index is 6.04. The lowest BCUT2D eigenvalue weighted by molar-refractivity contribution is 0.879. The molecule has 72 valence electrons. The first kappa shape index (κ1) is 9.62. The van der Waals surface area contributed by atoms with Crippen molar-refractivity contribution in [1.29, 1.82) is 0 Å². The van der Waals surface area contributed by atoms with E-state index in [1.54, 1.807) is 6.20 Å². The first-order valence-electron chi connectivity index (χ1n) is 4.18. The van der Waals surface area contributed by atoms with E-state index in [1.807, 2.05) is 35.8 Å². The summed E-state index contributed by atoms with van der Waals surface area (Å²) in [5.74, 6) is 0.724. The molecule has 0 N–H and O–H groups in total. The van der Waals surface area contributed by atoms with Gasteiger partial charge in [0.1, 0.15) is 0 Å². The third-order valence-electron chi connectivity index (χ3n) is 2.01. The average molecular weight is 225 g/mol. The summed E-state index contributed by atoms with van der Waals surface area (Å²) in [6, 6.07) is 7.52. The summed E-state index contributed by atoms with van der Waals surface area (Å²) in [7, 11) is 0. The number of hydrogen-bond acceptors (Lipinski definition) is 2. The molecule has 2 heterocycles. The second-order valence-corrected chi connectivity index (χ2v) is 3.84. The minimum Gasteiger partial charge on any atom is -0.292 e. The van der Waals surface area contributed by atoms with Crippen LogP contribution in [-0.4, -0.2) is 9.55 Å². The van der Waals surface area contributed by atoms with Gasteiger partial charge in [-0.25, -0.2) is 4.98 Å². The zero-order chi connectivity index (χ0) is 10.1. The highest BCUT2D eigenvalue weighted by molar-refractivity contribution is 7.80. The largest absolute Gasteiger partial charge is 0.292 e. The topological polar surface area (TPSA) is 17.8 Å². The minimum absolute atomic E-state index is 0.627. The van der Waals surface area contributed by atoms with E-state index in [4.69, 9.17) is 11.6 Å². The van der Waals surface area contributed by atoms with Crippen molar-refractivity contribution >= 4 is 24.2 Å². The van der Waals surface area contributed by atoms with Gasteiger partial charge in [-0.3, -0.25) is 4.57 Å². The summed E-state index contributed by atoms with van der Waals surface area (Å²) in [4.78, 5) is 4.22. The van der Waals surface area contributed by atoms with Gasteiger partial charge in [-0.2, -0.15) is 0 Å². The normalized spacial score (nSPS) is 10.5. The highest BCUT2D eigenvalue weighted by Crippen LogP contribution is 2.23. The molecule has 2 aromatic heterocycles. The van der Waals surface area contributed by atoms with Crippen LogP contribution < -0.4 is 0 Å². The van der Waals surface area contributed by atoms with Crippen LogP contribution in [-0.2, 0) is 0 Å². The first-order chi connectivity index (χ1) is 6.70. The van der Waals surface area contributed by atoms with Gasteiger partial charge in [-0.15, -0.1) is 12.6 Å². The van der Waals surface area contributed by atoms with E-state index in [0.717, 1.165) is 16.5 Å². The predicted molar refractivity (Wildman–Crippen MR) is 60.6 cm³/mol. The van der Waals surface area contributed by atoms with Crippen molar-refractivity contribution in [2.24, 2.45) is 0 Å². The molecule has 2 aromatic rings. The zero-order valence-corrected chi connectivity index (χ0v) is 9.26. The van der Waals surface area contributed by atoms with Crippen LogP contribution in [0.15, 0.2) is 35.5 Å². The molecule has 0 aliphatic rings. The van der Waals surface area contributed by atoms with Gasteiger partial charge < -0.3 is 0 Å². The molecule has 0 saturated carbocycles. The molecule has 14 heavy (non-hydrogen) atoms. The Bertz CT molecular complexity index is 445. The molecule has 0 radical (unpaired) electrons. The lowest BCUT2D eigenvalue weighted by Crippen LogP contribution is -2.00. The fourth-order valence-corrected chi connectivity index (χ4v) is 1.88. The van der Waals surface area contributed by atoms with Gasteiger partial charge in [-0.05, 0) is 31.2 Å². The standard InChI is InChI=1S/C10H9ClN2S/c1-7-4-5-9(14)13(7)10-8(11)3-2-6-12-10/h2-6,14H,1H3. The van der Waals surface area contributed by atoms with Gasteiger partial charge in [0.15, 0.2) is 5.82 Å². The molecule has 0 saturated heterocycles. The van der Waals surface area contributed by atoms with Crippen LogP contribution in [0.5, 0.6) is 0 Å². The lowest BCUT2D eigenvalue weighted by Gasteiger charge is -2.08. The van der Waals surface area contributed by atoms with Gasteiger partial charge in [0.2, 0.25) is 0 Å². The SMILES string of the molecule is Cc1ccc(S)n1-c1ncccc1Cl. The quantitative estimate of drug-likeness (QED) is 0.737. The van der Waals surface area contributed by atoms with Gasteiger partial charge in [0.05, 0.1) is 10.0 Å². The van der Waals surface area contributed by atoms with Crippen LogP contribution in [0, 0.1) is 6.92 Å². The van der Waals surface area contributed by atoms with Crippen molar-refractivity contribution in [3.8, 4) is 5.82 Å². The molecule has 0 aromatic carbocycles. The summed E-state index contributed by atoms with van der Waals surface area (Å²) in [5, 5.41) is 1.46. The number of aryl methyl sites for hydroxylation is 1. The van der Waals surface area contributed by atoms with Crippen molar-refractivity contribution in [1.82, 2.24) is 9.55 Å². The third kappa shape index (κ3) is 1.53. The van der Waals surface area contributed by atoms with Crippen LogP contribution >= 0.6 is 24.2 Å². The van der Waals surface area contributed by atoms with Crippen LogP contribution in [0.1, 0.15) is 5.69 Å². The predicted octanol–water partition coefficient (Wildman–Crippen LogP) is 3.12. The van der Waals surface area contributed by atoms with E-state index < -0.39 is 0 Å². The smallest absolute Gasteiger partial charge is 0.156 e. The molecule has 0 aliphatic carbocycles. The number of thiol groups is 1. The fourth-order valence-electron chi connectivity index (χ4n) is 1.34. The molecule has 0 fully saturated rings. The van der Waals surface area contributed by atoms with Crippen molar-refractivity contribution in [3.05, 3.63) is 41.2 Å². The Morgan fingerprint density at radius 2 is 2.14 bits per heavy atom. The summed E-state index contributed by atoms with van der Waals surface area (Å²) >= 11 is 10.4. The summed E-state index contributed by atoms with van der Waals surface area (Å²) in [5.41, 5.74) is 1.07. The molecule has 2 nitrogen and oxygen atoms in total. The van der Waals surface area contributed by atoms with E-state index in [0.29, 0.717) is 5.02 Å². The highest BCUT2D eigenvalue weighted by atomic mass is 35.5. The Balaban J connectivity index is 2.66. The summed E-state index contributed by atoms with van der Waals surface area (Å²) in [6.45, 7) is 1.99. The lowest BCUT2D eigenvalue weighted by atomic mass is 10.4.